The van der Waals surface area contributed by atoms with Gasteiger partial charge in [-0.05, 0) is 30.5 Å². The summed E-state index contributed by atoms with van der Waals surface area (Å²) in [6.45, 7) is 8.37. The van der Waals surface area contributed by atoms with Crippen molar-refractivity contribution in [3.8, 4) is 0 Å². The SMILES string of the molecule is Cc1cnccc1CN(C)C(=O)NCCCn1ccnc1C(C)C. The number of aromatic nitrogens is 3. The van der Waals surface area contributed by atoms with Crippen LogP contribution in [0.3, 0.4) is 0 Å². The molecule has 2 aromatic heterocycles. The molecule has 0 saturated heterocycles. The van der Waals surface area contributed by atoms with Crippen molar-refractivity contribution in [2.75, 3.05) is 13.6 Å². The van der Waals surface area contributed by atoms with Crippen LogP contribution >= 0.6 is 0 Å². The second kappa shape index (κ2) is 8.47. The molecule has 0 aromatic carbocycles. The van der Waals surface area contributed by atoms with E-state index in [1.54, 1.807) is 11.1 Å². The Hall–Kier alpha value is -2.37. The molecule has 0 aliphatic rings. The van der Waals surface area contributed by atoms with Crippen molar-refractivity contribution in [1.82, 2.24) is 24.8 Å². The van der Waals surface area contributed by atoms with Gasteiger partial charge in [-0.2, -0.15) is 0 Å². The predicted molar refractivity (Wildman–Crippen MR) is 94.8 cm³/mol. The molecule has 1 N–H and O–H groups in total. The van der Waals surface area contributed by atoms with Gasteiger partial charge < -0.3 is 14.8 Å². The number of hydrogen-bond donors (Lipinski definition) is 1. The summed E-state index contributed by atoms with van der Waals surface area (Å²) in [6, 6.07) is 1.90. The highest BCUT2D eigenvalue weighted by Gasteiger charge is 2.10. The van der Waals surface area contributed by atoms with Crippen LogP contribution in [-0.2, 0) is 13.1 Å². The smallest absolute Gasteiger partial charge is 0.317 e. The molecule has 0 radical (unpaired) electrons. The molecule has 6 nitrogen and oxygen atoms in total. The van der Waals surface area contributed by atoms with Gasteiger partial charge in [-0.1, -0.05) is 13.8 Å². The largest absolute Gasteiger partial charge is 0.338 e. The van der Waals surface area contributed by atoms with Crippen LogP contribution in [0.1, 0.15) is 43.1 Å². The van der Waals surface area contributed by atoms with E-state index >= 15 is 0 Å². The average Bonchev–Trinajstić information content (AvgIpc) is 3.02. The minimum atomic E-state index is -0.0547. The average molecular weight is 329 g/mol. The fourth-order valence-corrected chi connectivity index (χ4v) is 2.60. The highest BCUT2D eigenvalue weighted by molar-refractivity contribution is 5.73. The van der Waals surface area contributed by atoms with Crippen LogP contribution in [0.5, 0.6) is 0 Å². The van der Waals surface area contributed by atoms with Gasteiger partial charge in [0.05, 0.1) is 0 Å². The molecule has 0 atom stereocenters. The van der Waals surface area contributed by atoms with Crippen LogP contribution in [0.15, 0.2) is 30.9 Å². The topological polar surface area (TPSA) is 63.1 Å². The van der Waals surface area contributed by atoms with Gasteiger partial charge in [0.1, 0.15) is 5.82 Å². The Bertz CT molecular complexity index is 665. The molecule has 130 valence electrons. The Morgan fingerprint density at radius 3 is 2.88 bits per heavy atom. The van der Waals surface area contributed by atoms with Crippen molar-refractivity contribution in [2.24, 2.45) is 0 Å². The first-order valence-corrected chi connectivity index (χ1v) is 8.38. The highest BCUT2D eigenvalue weighted by Crippen LogP contribution is 2.12. The molecule has 2 aromatic rings. The van der Waals surface area contributed by atoms with Gasteiger partial charge in [0.15, 0.2) is 0 Å². The number of rotatable bonds is 7. The maximum atomic E-state index is 12.2. The zero-order valence-corrected chi connectivity index (χ0v) is 15.0. The van der Waals surface area contributed by atoms with Crippen LogP contribution in [0.25, 0.3) is 0 Å². The summed E-state index contributed by atoms with van der Waals surface area (Å²) in [5.74, 6) is 1.50. The van der Waals surface area contributed by atoms with Gasteiger partial charge in [0, 0.05) is 57.4 Å². The summed E-state index contributed by atoms with van der Waals surface area (Å²) in [5, 5.41) is 2.97. The van der Waals surface area contributed by atoms with Crippen LogP contribution in [-0.4, -0.2) is 39.1 Å². The summed E-state index contributed by atoms with van der Waals surface area (Å²) in [7, 11) is 1.81. The highest BCUT2D eigenvalue weighted by atomic mass is 16.2. The van der Waals surface area contributed by atoms with Crippen molar-refractivity contribution in [1.29, 1.82) is 0 Å². The second-order valence-electron chi connectivity index (χ2n) is 6.38. The number of pyridine rings is 1. The molecule has 0 aliphatic heterocycles. The minimum Gasteiger partial charge on any atom is -0.338 e. The Kier molecular flexibility index (Phi) is 6.35. The van der Waals surface area contributed by atoms with E-state index in [-0.39, 0.29) is 6.03 Å². The lowest BCUT2D eigenvalue weighted by molar-refractivity contribution is 0.206. The Morgan fingerprint density at radius 1 is 1.38 bits per heavy atom. The molecule has 0 aliphatic carbocycles. The van der Waals surface area contributed by atoms with Crippen LogP contribution in [0.4, 0.5) is 4.79 Å². The molecular weight excluding hydrogens is 302 g/mol. The van der Waals surface area contributed by atoms with Crippen molar-refractivity contribution < 1.29 is 4.79 Å². The van der Waals surface area contributed by atoms with Gasteiger partial charge in [0.2, 0.25) is 0 Å². The number of carbonyl (C=O) groups is 1. The molecule has 0 fully saturated rings. The van der Waals surface area contributed by atoms with Gasteiger partial charge in [-0.15, -0.1) is 0 Å². The maximum absolute atomic E-state index is 12.2. The summed E-state index contributed by atoms with van der Waals surface area (Å²) in [5.41, 5.74) is 2.21. The zero-order valence-electron chi connectivity index (χ0n) is 15.0. The molecule has 2 heterocycles. The Balaban J connectivity index is 1.75. The second-order valence-corrected chi connectivity index (χ2v) is 6.38. The minimum absolute atomic E-state index is 0.0547. The third kappa shape index (κ3) is 4.81. The fourth-order valence-electron chi connectivity index (χ4n) is 2.60. The molecule has 2 rings (SSSR count). The lowest BCUT2D eigenvalue weighted by atomic mass is 10.1. The summed E-state index contributed by atoms with van der Waals surface area (Å²) >= 11 is 0. The van der Waals surface area contributed by atoms with Crippen molar-refractivity contribution in [2.45, 2.75) is 46.2 Å². The van der Waals surface area contributed by atoms with Crippen molar-refractivity contribution in [3.63, 3.8) is 0 Å². The zero-order chi connectivity index (χ0) is 17.5. The molecule has 0 unspecified atom stereocenters. The maximum Gasteiger partial charge on any atom is 0.317 e. The van der Waals surface area contributed by atoms with Crippen LogP contribution in [0.2, 0.25) is 0 Å². The summed E-state index contributed by atoms with van der Waals surface area (Å²) in [4.78, 5) is 22.3. The fraction of sp³-hybridized carbons (Fsp3) is 0.500. The Labute approximate surface area is 143 Å². The number of hydrogen-bond acceptors (Lipinski definition) is 3. The number of carbonyl (C=O) groups excluding carboxylic acids is 1. The van der Waals surface area contributed by atoms with E-state index < -0.39 is 0 Å². The number of aryl methyl sites for hydroxylation is 2. The van der Waals surface area contributed by atoms with Gasteiger partial charge >= 0.3 is 6.03 Å². The standard InChI is InChI=1S/C18H27N5O/c1-14(2)17-20-9-11-23(17)10-5-7-21-18(24)22(4)13-16-6-8-19-12-15(16)3/h6,8-9,11-12,14H,5,7,10,13H2,1-4H3,(H,21,24). The van der Waals surface area contributed by atoms with Gasteiger partial charge in [-0.25, -0.2) is 9.78 Å². The molecular formula is C18H27N5O. The molecule has 6 heteroatoms. The van der Waals surface area contributed by atoms with Crippen LogP contribution in [0, 0.1) is 6.92 Å². The van der Waals surface area contributed by atoms with Gasteiger partial charge in [0.25, 0.3) is 0 Å². The third-order valence-electron chi connectivity index (χ3n) is 4.01. The quantitative estimate of drug-likeness (QED) is 0.794. The van der Waals surface area contributed by atoms with Crippen molar-refractivity contribution >= 4 is 6.03 Å². The number of amides is 2. The molecule has 0 saturated carbocycles. The third-order valence-corrected chi connectivity index (χ3v) is 4.01. The first kappa shape index (κ1) is 18.0. The summed E-state index contributed by atoms with van der Waals surface area (Å²) < 4.78 is 2.15. The number of imidazole rings is 1. The number of nitrogens with one attached hydrogen (secondary N) is 1. The van der Waals surface area contributed by atoms with Crippen molar-refractivity contribution in [3.05, 3.63) is 47.8 Å². The molecule has 0 spiro atoms. The van der Waals surface area contributed by atoms with E-state index in [4.69, 9.17) is 0 Å². The van der Waals surface area contributed by atoms with E-state index in [1.807, 2.05) is 38.6 Å². The van der Waals surface area contributed by atoms with E-state index in [9.17, 15) is 4.79 Å². The Morgan fingerprint density at radius 2 is 2.17 bits per heavy atom. The first-order chi connectivity index (χ1) is 11.5. The van der Waals surface area contributed by atoms with E-state index in [2.05, 4.69) is 33.7 Å². The van der Waals surface area contributed by atoms with Crippen LogP contribution < -0.4 is 5.32 Å². The van der Waals surface area contributed by atoms with E-state index in [0.29, 0.717) is 19.0 Å². The van der Waals surface area contributed by atoms with Gasteiger partial charge in [-0.3, -0.25) is 4.98 Å². The monoisotopic (exact) mass is 329 g/mol. The first-order valence-electron chi connectivity index (χ1n) is 8.38. The van der Waals surface area contributed by atoms with E-state index in [1.165, 1.54) is 0 Å². The normalized spacial score (nSPS) is 10.9. The lowest BCUT2D eigenvalue weighted by Crippen LogP contribution is -2.37. The molecule has 24 heavy (non-hydrogen) atoms. The molecule has 0 bridgehead atoms. The lowest BCUT2D eigenvalue weighted by Gasteiger charge is -2.19. The summed E-state index contributed by atoms with van der Waals surface area (Å²) in [6.07, 6.45) is 8.28. The van der Waals surface area contributed by atoms with E-state index in [0.717, 1.165) is 29.9 Å². The number of urea groups is 1. The molecule has 2 amide bonds. The number of nitrogens with zero attached hydrogens (tertiary/aromatic N) is 4. The predicted octanol–water partition coefficient (Wildman–Crippen LogP) is 2.94.